The summed E-state index contributed by atoms with van der Waals surface area (Å²) in [7, 11) is 0. The lowest BCUT2D eigenvalue weighted by molar-refractivity contribution is -0.121. The minimum absolute atomic E-state index is 0.0555. The lowest BCUT2D eigenvalue weighted by Crippen LogP contribution is -2.42. The van der Waals surface area contributed by atoms with Gasteiger partial charge in [-0.1, -0.05) is 6.07 Å². The molecule has 0 saturated carbocycles. The van der Waals surface area contributed by atoms with Gasteiger partial charge < -0.3 is 20.1 Å². The summed E-state index contributed by atoms with van der Waals surface area (Å²) in [5.74, 6) is -0.520. The summed E-state index contributed by atoms with van der Waals surface area (Å²) < 4.78 is 5.57. The molecule has 2 heterocycles. The second kappa shape index (κ2) is 5.63. The second-order valence-corrected chi connectivity index (χ2v) is 5.35. The number of carboxylic acid groups (broad SMARTS) is 1. The van der Waals surface area contributed by atoms with Crippen LogP contribution in [0.3, 0.4) is 0 Å². The number of carboxylic acids is 1. The molecule has 0 bridgehead atoms. The van der Waals surface area contributed by atoms with Crippen LogP contribution in [-0.4, -0.2) is 42.7 Å². The Hall–Kier alpha value is -2.24. The van der Waals surface area contributed by atoms with Crippen molar-refractivity contribution in [3.63, 3.8) is 0 Å². The molecule has 112 valence electrons. The molecule has 6 nitrogen and oxygen atoms in total. The number of hydrogen-bond donors (Lipinski definition) is 2. The van der Waals surface area contributed by atoms with E-state index in [1.807, 2.05) is 6.07 Å². The molecule has 1 atom stereocenters. The van der Waals surface area contributed by atoms with Crippen molar-refractivity contribution in [2.24, 2.45) is 0 Å². The summed E-state index contributed by atoms with van der Waals surface area (Å²) >= 11 is 0. The molecule has 1 saturated heterocycles. The Morgan fingerprint density at radius 3 is 3.10 bits per heavy atom. The van der Waals surface area contributed by atoms with E-state index in [0.29, 0.717) is 31.9 Å². The molecule has 6 heteroatoms. The molecule has 3 rings (SSSR count). The molecule has 0 radical (unpaired) electrons. The first-order valence-corrected chi connectivity index (χ1v) is 7.19. The third-order valence-corrected chi connectivity index (χ3v) is 4.01. The van der Waals surface area contributed by atoms with E-state index in [-0.39, 0.29) is 17.5 Å². The Morgan fingerprint density at radius 1 is 1.43 bits per heavy atom. The minimum Gasteiger partial charge on any atom is -0.489 e. The zero-order valence-electron chi connectivity index (χ0n) is 11.7. The van der Waals surface area contributed by atoms with E-state index in [1.165, 1.54) is 0 Å². The van der Waals surface area contributed by atoms with Gasteiger partial charge in [0.05, 0.1) is 12.2 Å². The predicted molar refractivity (Wildman–Crippen MR) is 76.9 cm³/mol. The van der Waals surface area contributed by atoms with E-state index in [1.54, 1.807) is 12.1 Å². The van der Waals surface area contributed by atoms with Gasteiger partial charge in [0.15, 0.2) is 5.75 Å². The highest BCUT2D eigenvalue weighted by Crippen LogP contribution is 2.37. The number of nitrogens with zero attached hydrogens (tertiary/aromatic N) is 1. The van der Waals surface area contributed by atoms with Gasteiger partial charge in [-0.3, -0.25) is 4.79 Å². The normalized spacial score (nSPS) is 21.8. The second-order valence-electron chi connectivity index (χ2n) is 5.35. The Balaban J connectivity index is 1.94. The van der Waals surface area contributed by atoms with Crippen molar-refractivity contribution >= 4 is 17.6 Å². The van der Waals surface area contributed by atoms with Gasteiger partial charge in [-0.15, -0.1) is 0 Å². The van der Waals surface area contributed by atoms with Crippen LogP contribution in [0.15, 0.2) is 18.2 Å². The molecule has 2 N–H and O–H groups in total. The van der Waals surface area contributed by atoms with Crippen molar-refractivity contribution in [3.05, 3.63) is 23.8 Å². The summed E-state index contributed by atoms with van der Waals surface area (Å²) in [5, 5.41) is 12.1. The van der Waals surface area contributed by atoms with E-state index in [9.17, 15) is 14.7 Å². The van der Waals surface area contributed by atoms with Crippen LogP contribution in [0.5, 0.6) is 5.75 Å². The topological polar surface area (TPSA) is 78.9 Å². The van der Waals surface area contributed by atoms with Crippen LogP contribution in [0.4, 0.5) is 5.69 Å². The SMILES string of the molecule is O=C1CC(N2CCOc3c(C(=O)O)cccc32)CCCN1. The first-order valence-electron chi connectivity index (χ1n) is 7.19. The zero-order chi connectivity index (χ0) is 14.8. The number of fused-ring (bicyclic) bond motifs is 1. The van der Waals surface area contributed by atoms with Crippen LogP contribution in [0.2, 0.25) is 0 Å². The van der Waals surface area contributed by atoms with Gasteiger partial charge in [0.2, 0.25) is 5.91 Å². The number of hydrogen-bond acceptors (Lipinski definition) is 4. The van der Waals surface area contributed by atoms with Crippen LogP contribution in [-0.2, 0) is 4.79 Å². The molecule has 1 amide bonds. The van der Waals surface area contributed by atoms with Crippen molar-refractivity contribution in [1.29, 1.82) is 0 Å². The monoisotopic (exact) mass is 290 g/mol. The summed E-state index contributed by atoms with van der Waals surface area (Å²) in [4.78, 5) is 25.2. The minimum atomic E-state index is -0.993. The van der Waals surface area contributed by atoms with Crippen molar-refractivity contribution < 1.29 is 19.4 Å². The van der Waals surface area contributed by atoms with Crippen LogP contribution >= 0.6 is 0 Å². The first kappa shape index (κ1) is 13.7. The zero-order valence-corrected chi connectivity index (χ0v) is 11.7. The average molecular weight is 290 g/mol. The molecule has 1 aromatic rings. The Kier molecular flexibility index (Phi) is 3.68. The molecule has 0 spiro atoms. The van der Waals surface area contributed by atoms with Gasteiger partial charge in [-0.25, -0.2) is 4.79 Å². The number of carbonyl (C=O) groups excluding carboxylic acids is 1. The van der Waals surface area contributed by atoms with E-state index >= 15 is 0 Å². The average Bonchev–Trinajstić information content (AvgIpc) is 2.70. The fourth-order valence-corrected chi connectivity index (χ4v) is 3.04. The third-order valence-electron chi connectivity index (χ3n) is 4.01. The fourth-order valence-electron chi connectivity index (χ4n) is 3.04. The van der Waals surface area contributed by atoms with Crippen LogP contribution < -0.4 is 15.0 Å². The molecule has 1 unspecified atom stereocenters. The van der Waals surface area contributed by atoms with Crippen molar-refractivity contribution in [3.8, 4) is 5.75 Å². The number of benzene rings is 1. The van der Waals surface area contributed by atoms with Gasteiger partial charge in [0.25, 0.3) is 0 Å². The Morgan fingerprint density at radius 2 is 2.29 bits per heavy atom. The van der Waals surface area contributed by atoms with Gasteiger partial charge in [-0.05, 0) is 25.0 Å². The summed E-state index contributed by atoms with van der Waals surface area (Å²) in [5.41, 5.74) is 0.955. The lowest BCUT2D eigenvalue weighted by atomic mass is 10.0. The molecule has 2 aliphatic heterocycles. The smallest absolute Gasteiger partial charge is 0.339 e. The number of rotatable bonds is 2. The highest BCUT2D eigenvalue weighted by Gasteiger charge is 2.30. The molecule has 21 heavy (non-hydrogen) atoms. The van der Waals surface area contributed by atoms with Gasteiger partial charge in [0, 0.05) is 19.0 Å². The number of amides is 1. The molecular formula is C15H18N2O4. The number of carbonyl (C=O) groups is 2. The molecule has 2 aliphatic rings. The van der Waals surface area contributed by atoms with Crippen molar-refractivity contribution in [1.82, 2.24) is 5.32 Å². The van der Waals surface area contributed by atoms with E-state index in [0.717, 1.165) is 18.5 Å². The highest BCUT2D eigenvalue weighted by atomic mass is 16.5. The number of aromatic carboxylic acids is 1. The number of para-hydroxylation sites is 1. The lowest BCUT2D eigenvalue weighted by Gasteiger charge is -2.37. The van der Waals surface area contributed by atoms with Gasteiger partial charge >= 0.3 is 5.97 Å². The molecular weight excluding hydrogens is 272 g/mol. The summed E-state index contributed by atoms with van der Waals surface area (Å²) in [6, 6.07) is 5.23. The standard InChI is InChI=1S/C15H18N2O4/c18-13-9-10(3-2-6-16-13)17-7-8-21-14-11(15(19)20)4-1-5-12(14)17/h1,4-5,10H,2-3,6-9H2,(H,16,18)(H,19,20). The highest BCUT2D eigenvalue weighted by molar-refractivity contribution is 5.94. The summed E-state index contributed by atoms with van der Waals surface area (Å²) in [6.07, 6.45) is 2.29. The molecule has 0 aliphatic carbocycles. The summed E-state index contributed by atoms with van der Waals surface area (Å²) in [6.45, 7) is 1.82. The van der Waals surface area contributed by atoms with E-state index in [4.69, 9.17) is 4.74 Å². The van der Waals surface area contributed by atoms with Crippen LogP contribution in [0.1, 0.15) is 29.6 Å². The van der Waals surface area contributed by atoms with E-state index < -0.39 is 5.97 Å². The van der Waals surface area contributed by atoms with Crippen molar-refractivity contribution in [2.75, 3.05) is 24.6 Å². The number of anilines is 1. The van der Waals surface area contributed by atoms with Crippen molar-refractivity contribution in [2.45, 2.75) is 25.3 Å². The molecule has 1 fully saturated rings. The molecule has 0 aromatic heterocycles. The number of ether oxygens (including phenoxy) is 1. The van der Waals surface area contributed by atoms with Gasteiger partial charge in [0.1, 0.15) is 12.2 Å². The fraction of sp³-hybridized carbons (Fsp3) is 0.467. The van der Waals surface area contributed by atoms with Crippen LogP contribution in [0, 0.1) is 0 Å². The maximum absolute atomic E-state index is 11.8. The first-order chi connectivity index (χ1) is 10.2. The third kappa shape index (κ3) is 2.66. The maximum atomic E-state index is 11.8. The largest absolute Gasteiger partial charge is 0.489 e. The number of nitrogens with one attached hydrogen (secondary N) is 1. The van der Waals surface area contributed by atoms with Crippen LogP contribution in [0.25, 0.3) is 0 Å². The quantitative estimate of drug-likeness (QED) is 0.857. The van der Waals surface area contributed by atoms with E-state index in [2.05, 4.69) is 10.2 Å². The van der Waals surface area contributed by atoms with Gasteiger partial charge in [-0.2, -0.15) is 0 Å². The Bertz CT molecular complexity index is 573. The predicted octanol–water partition coefficient (Wildman–Crippen LogP) is 1.25. The Labute approximate surface area is 122 Å². The maximum Gasteiger partial charge on any atom is 0.339 e. The molecule has 1 aromatic carbocycles.